The van der Waals surface area contributed by atoms with Crippen LogP contribution in [0, 0.1) is 0 Å². The van der Waals surface area contributed by atoms with Crippen molar-refractivity contribution in [3.8, 4) is 0 Å². The first-order valence-electron chi connectivity index (χ1n) is 6.93. The quantitative estimate of drug-likeness (QED) is 0.625. The summed E-state index contributed by atoms with van der Waals surface area (Å²) >= 11 is 0. The molecule has 6 nitrogen and oxygen atoms in total. The summed E-state index contributed by atoms with van der Waals surface area (Å²) < 4.78 is 5.13. The Bertz CT molecular complexity index is 404. The molecular weight excluding hydrogens is 258 g/mol. The lowest BCUT2D eigenvalue weighted by Gasteiger charge is -2.13. The Morgan fingerprint density at radius 1 is 1.30 bits per heavy atom. The van der Waals surface area contributed by atoms with Crippen molar-refractivity contribution in [1.29, 1.82) is 0 Å². The summed E-state index contributed by atoms with van der Waals surface area (Å²) in [5.41, 5.74) is 0. The van der Waals surface area contributed by atoms with Crippen LogP contribution in [0.25, 0.3) is 0 Å². The zero-order chi connectivity index (χ0) is 14.8. The highest BCUT2D eigenvalue weighted by Crippen LogP contribution is 1.98. The van der Waals surface area contributed by atoms with Crippen molar-refractivity contribution in [3.63, 3.8) is 0 Å². The van der Waals surface area contributed by atoms with E-state index in [1.54, 1.807) is 25.3 Å². The molecule has 3 N–H and O–H groups in total. The van der Waals surface area contributed by atoms with Gasteiger partial charge in [0.05, 0.1) is 18.8 Å². The molecule has 20 heavy (non-hydrogen) atoms. The number of furan rings is 1. The predicted octanol–water partition coefficient (Wildman–Crippen LogP) is 0.790. The molecule has 0 aliphatic rings. The van der Waals surface area contributed by atoms with E-state index in [0.717, 1.165) is 6.42 Å². The first-order valence-corrected chi connectivity index (χ1v) is 6.93. The number of hydrogen-bond donors (Lipinski definition) is 3. The second-order valence-electron chi connectivity index (χ2n) is 4.57. The van der Waals surface area contributed by atoms with Crippen molar-refractivity contribution in [1.82, 2.24) is 16.0 Å². The standard InChI is InChI=1S/C14H23N3O3/c1-3-7-16-13(18)6-8-15-11(2)14(19)17-10-12-5-4-9-20-12/h4-5,9,11,15H,3,6-8,10H2,1-2H3,(H,16,18)(H,17,19). The number of carbonyl (C=O) groups excluding carboxylic acids is 2. The lowest BCUT2D eigenvalue weighted by Crippen LogP contribution is -2.43. The molecule has 1 heterocycles. The second-order valence-corrected chi connectivity index (χ2v) is 4.57. The van der Waals surface area contributed by atoms with Gasteiger partial charge in [-0.1, -0.05) is 6.92 Å². The fourth-order valence-electron chi connectivity index (χ4n) is 1.59. The van der Waals surface area contributed by atoms with E-state index in [9.17, 15) is 9.59 Å². The number of nitrogens with one attached hydrogen (secondary N) is 3. The van der Waals surface area contributed by atoms with Crippen molar-refractivity contribution in [2.45, 2.75) is 39.3 Å². The molecule has 0 fully saturated rings. The molecule has 1 rings (SSSR count). The Morgan fingerprint density at radius 2 is 2.10 bits per heavy atom. The van der Waals surface area contributed by atoms with Crippen LogP contribution in [0.5, 0.6) is 0 Å². The van der Waals surface area contributed by atoms with Crippen LogP contribution in [0.2, 0.25) is 0 Å². The van der Waals surface area contributed by atoms with Crippen LogP contribution >= 0.6 is 0 Å². The summed E-state index contributed by atoms with van der Waals surface area (Å²) in [6.45, 7) is 5.31. The van der Waals surface area contributed by atoms with E-state index in [0.29, 0.717) is 31.8 Å². The average molecular weight is 281 g/mol. The molecule has 1 unspecified atom stereocenters. The highest BCUT2D eigenvalue weighted by Gasteiger charge is 2.12. The van der Waals surface area contributed by atoms with Gasteiger partial charge in [-0.05, 0) is 25.5 Å². The zero-order valence-corrected chi connectivity index (χ0v) is 12.1. The Hall–Kier alpha value is -1.82. The number of rotatable bonds is 9. The van der Waals surface area contributed by atoms with E-state index >= 15 is 0 Å². The fraction of sp³-hybridized carbons (Fsp3) is 0.571. The normalized spacial score (nSPS) is 11.9. The summed E-state index contributed by atoms with van der Waals surface area (Å²) in [5.74, 6) is 0.599. The van der Waals surface area contributed by atoms with E-state index in [4.69, 9.17) is 4.42 Å². The van der Waals surface area contributed by atoms with Gasteiger partial charge in [0.15, 0.2) is 0 Å². The zero-order valence-electron chi connectivity index (χ0n) is 12.1. The lowest BCUT2D eigenvalue weighted by molar-refractivity contribution is -0.124. The van der Waals surface area contributed by atoms with Crippen molar-refractivity contribution in [2.75, 3.05) is 13.1 Å². The van der Waals surface area contributed by atoms with Crippen LogP contribution in [0.4, 0.5) is 0 Å². The highest BCUT2D eigenvalue weighted by atomic mass is 16.3. The minimum Gasteiger partial charge on any atom is -0.467 e. The predicted molar refractivity (Wildman–Crippen MR) is 75.9 cm³/mol. The van der Waals surface area contributed by atoms with Gasteiger partial charge in [0.2, 0.25) is 11.8 Å². The molecule has 0 saturated carbocycles. The highest BCUT2D eigenvalue weighted by molar-refractivity contribution is 5.81. The topological polar surface area (TPSA) is 83.4 Å². The molecule has 0 spiro atoms. The molecule has 0 bridgehead atoms. The van der Waals surface area contributed by atoms with Gasteiger partial charge in [-0.2, -0.15) is 0 Å². The molecule has 1 atom stereocenters. The van der Waals surface area contributed by atoms with E-state index in [-0.39, 0.29) is 17.9 Å². The van der Waals surface area contributed by atoms with Crippen molar-refractivity contribution in [2.24, 2.45) is 0 Å². The molecule has 0 aliphatic carbocycles. The van der Waals surface area contributed by atoms with Gasteiger partial charge in [-0.3, -0.25) is 9.59 Å². The Morgan fingerprint density at radius 3 is 2.75 bits per heavy atom. The third kappa shape index (κ3) is 6.38. The summed E-state index contributed by atoms with van der Waals surface area (Å²) in [7, 11) is 0. The molecule has 0 saturated heterocycles. The van der Waals surface area contributed by atoms with Gasteiger partial charge in [-0.25, -0.2) is 0 Å². The molecule has 1 aromatic heterocycles. The van der Waals surface area contributed by atoms with Crippen molar-refractivity contribution in [3.05, 3.63) is 24.2 Å². The van der Waals surface area contributed by atoms with Gasteiger partial charge in [0, 0.05) is 19.5 Å². The summed E-state index contributed by atoms with van der Waals surface area (Å²) in [4.78, 5) is 23.1. The minimum absolute atomic E-state index is 0.00236. The minimum atomic E-state index is -0.344. The fourth-order valence-corrected chi connectivity index (χ4v) is 1.59. The number of amides is 2. The van der Waals surface area contributed by atoms with Crippen molar-refractivity contribution < 1.29 is 14.0 Å². The maximum atomic E-state index is 11.8. The first kappa shape index (κ1) is 16.2. The van der Waals surface area contributed by atoms with E-state index in [1.807, 2.05) is 6.92 Å². The molecule has 0 aromatic carbocycles. The molecular formula is C14H23N3O3. The molecule has 0 radical (unpaired) electrons. The third-order valence-corrected chi connectivity index (χ3v) is 2.78. The molecule has 6 heteroatoms. The Kier molecular flexibility index (Phi) is 7.42. The molecule has 2 amide bonds. The second kappa shape index (κ2) is 9.14. The van der Waals surface area contributed by atoms with Crippen LogP contribution in [0.3, 0.4) is 0 Å². The van der Waals surface area contributed by atoms with E-state index in [1.165, 1.54) is 0 Å². The van der Waals surface area contributed by atoms with Crippen LogP contribution < -0.4 is 16.0 Å². The monoisotopic (exact) mass is 281 g/mol. The first-order chi connectivity index (χ1) is 9.63. The van der Waals surface area contributed by atoms with E-state index in [2.05, 4.69) is 16.0 Å². The number of hydrogen-bond acceptors (Lipinski definition) is 4. The largest absolute Gasteiger partial charge is 0.467 e. The number of carbonyl (C=O) groups is 2. The maximum absolute atomic E-state index is 11.8. The summed E-state index contributed by atoms with van der Waals surface area (Å²) in [5, 5.41) is 8.56. The maximum Gasteiger partial charge on any atom is 0.237 e. The van der Waals surface area contributed by atoms with Gasteiger partial charge in [0.1, 0.15) is 5.76 Å². The Balaban J connectivity index is 2.13. The molecule has 1 aromatic rings. The Labute approximate surface area is 119 Å². The van der Waals surface area contributed by atoms with Crippen molar-refractivity contribution >= 4 is 11.8 Å². The van der Waals surface area contributed by atoms with Crippen LogP contribution in [-0.2, 0) is 16.1 Å². The van der Waals surface area contributed by atoms with Gasteiger partial charge < -0.3 is 20.4 Å². The van der Waals surface area contributed by atoms with Crippen LogP contribution in [0.15, 0.2) is 22.8 Å². The molecule has 0 aliphatic heterocycles. The van der Waals surface area contributed by atoms with Gasteiger partial charge >= 0.3 is 0 Å². The molecule has 112 valence electrons. The summed E-state index contributed by atoms with van der Waals surface area (Å²) in [6.07, 6.45) is 2.86. The average Bonchev–Trinajstić information content (AvgIpc) is 2.95. The van der Waals surface area contributed by atoms with E-state index < -0.39 is 0 Å². The SMILES string of the molecule is CCCNC(=O)CCNC(C)C(=O)NCc1ccco1. The van der Waals surface area contributed by atoms with Crippen LogP contribution in [0.1, 0.15) is 32.4 Å². The van der Waals surface area contributed by atoms with Gasteiger partial charge in [0.25, 0.3) is 0 Å². The van der Waals surface area contributed by atoms with Crippen LogP contribution in [-0.4, -0.2) is 30.9 Å². The smallest absolute Gasteiger partial charge is 0.237 e. The van der Waals surface area contributed by atoms with Gasteiger partial charge in [-0.15, -0.1) is 0 Å². The lowest BCUT2D eigenvalue weighted by atomic mass is 10.3. The summed E-state index contributed by atoms with van der Waals surface area (Å²) in [6, 6.07) is 3.23. The third-order valence-electron chi connectivity index (χ3n) is 2.78.